The van der Waals surface area contributed by atoms with Crippen LogP contribution in [0.5, 0.6) is 0 Å². The van der Waals surface area contributed by atoms with E-state index in [9.17, 15) is 4.79 Å². The predicted octanol–water partition coefficient (Wildman–Crippen LogP) is 2.05. The normalized spacial score (nSPS) is 15.6. The van der Waals surface area contributed by atoms with E-state index >= 15 is 0 Å². The Bertz CT molecular complexity index is 414. The van der Waals surface area contributed by atoms with Gasteiger partial charge >= 0.3 is 0 Å². The minimum Gasteiger partial charge on any atom is -0.319 e. The molecular weight excluding hydrogens is 240 g/mol. The van der Waals surface area contributed by atoms with Gasteiger partial charge in [-0.1, -0.05) is 31.0 Å². The van der Waals surface area contributed by atoms with E-state index in [2.05, 4.69) is 10.8 Å². The second-order valence-corrected chi connectivity index (χ2v) is 4.97. The summed E-state index contributed by atoms with van der Waals surface area (Å²) in [5, 5.41) is 3.10. The summed E-state index contributed by atoms with van der Waals surface area (Å²) in [5.41, 5.74) is 4.35. The number of likely N-dealkylation sites (N-methyl/N-ethyl adjacent to an activating group) is 1. The summed E-state index contributed by atoms with van der Waals surface area (Å²) in [6.45, 7) is 0.855. The number of carbonyl (C=O) groups is 1. The van der Waals surface area contributed by atoms with Crippen LogP contribution >= 0.6 is 0 Å². The largest absolute Gasteiger partial charge is 0.319 e. The molecule has 2 rings (SSSR count). The van der Waals surface area contributed by atoms with Crippen LogP contribution in [0.1, 0.15) is 41.6 Å². The molecule has 0 atom stereocenters. The van der Waals surface area contributed by atoms with E-state index in [4.69, 9.17) is 4.84 Å². The molecule has 0 radical (unpaired) electrons. The van der Waals surface area contributed by atoms with E-state index in [0.29, 0.717) is 5.56 Å². The number of carbonyl (C=O) groups excluding carboxylic acids is 1. The number of hydrogen-bond acceptors (Lipinski definition) is 3. The maximum atomic E-state index is 12.1. The van der Waals surface area contributed by atoms with Crippen LogP contribution in [0.4, 0.5) is 0 Å². The minimum absolute atomic E-state index is 0.140. The lowest BCUT2D eigenvalue weighted by molar-refractivity contribution is -0.0125. The van der Waals surface area contributed by atoms with Crippen LogP contribution in [-0.2, 0) is 11.3 Å². The van der Waals surface area contributed by atoms with Crippen LogP contribution in [0.15, 0.2) is 24.3 Å². The van der Waals surface area contributed by atoms with E-state index in [1.807, 2.05) is 31.3 Å². The Hall–Kier alpha value is -1.39. The molecule has 1 saturated carbocycles. The molecule has 0 aliphatic heterocycles. The van der Waals surface area contributed by atoms with Gasteiger partial charge in [0.05, 0.1) is 6.10 Å². The van der Waals surface area contributed by atoms with Crippen molar-refractivity contribution in [2.45, 2.75) is 38.2 Å². The fraction of sp³-hybridized carbons (Fsp3) is 0.533. The zero-order chi connectivity index (χ0) is 13.5. The zero-order valence-corrected chi connectivity index (χ0v) is 11.4. The second-order valence-electron chi connectivity index (χ2n) is 4.97. The SMILES string of the molecule is CNCCc1ccccc1C(=O)NOC1CCCC1. The Balaban J connectivity index is 1.93. The molecule has 1 fully saturated rings. The lowest BCUT2D eigenvalue weighted by Crippen LogP contribution is -2.29. The predicted molar refractivity (Wildman–Crippen MR) is 74.9 cm³/mol. The molecule has 2 N–H and O–H groups in total. The lowest BCUT2D eigenvalue weighted by Gasteiger charge is -2.13. The molecule has 4 heteroatoms. The van der Waals surface area contributed by atoms with Crippen molar-refractivity contribution in [1.29, 1.82) is 0 Å². The molecule has 0 heterocycles. The molecule has 0 saturated heterocycles. The van der Waals surface area contributed by atoms with Gasteiger partial charge in [-0.25, -0.2) is 5.48 Å². The van der Waals surface area contributed by atoms with Crippen molar-refractivity contribution in [3.8, 4) is 0 Å². The average Bonchev–Trinajstić information content (AvgIpc) is 2.96. The zero-order valence-electron chi connectivity index (χ0n) is 11.4. The molecule has 0 bridgehead atoms. The molecule has 1 amide bonds. The van der Waals surface area contributed by atoms with Gasteiger partial charge in [-0.05, 0) is 44.5 Å². The Morgan fingerprint density at radius 3 is 2.79 bits per heavy atom. The van der Waals surface area contributed by atoms with Gasteiger partial charge in [0.25, 0.3) is 5.91 Å². The number of amides is 1. The third-order valence-electron chi connectivity index (χ3n) is 3.53. The molecule has 19 heavy (non-hydrogen) atoms. The van der Waals surface area contributed by atoms with Crippen LogP contribution in [0.25, 0.3) is 0 Å². The molecule has 1 aliphatic carbocycles. The molecular formula is C15H22N2O2. The second kappa shape index (κ2) is 7.26. The summed E-state index contributed by atoms with van der Waals surface area (Å²) in [6.07, 6.45) is 5.50. The first-order valence-electron chi connectivity index (χ1n) is 6.99. The van der Waals surface area contributed by atoms with Crippen molar-refractivity contribution >= 4 is 5.91 Å². The van der Waals surface area contributed by atoms with Crippen molar-refractivity contribution in [3.63, 3.8) is 0 Å². The molecule has 4 nitrogen and oxygen atoms in total. The van der Waals surface area contributed by atoms with Gasteiger partial charge in [-0.2, -0.15) is 0 Å². The lowest BCUT2D eigenvalue weighted by atomic mass is 10.0. The Morgan fingerprint density at radius 1 is 1.32 bits per heavy atom. The van der Waals surface area contributed by atoms with Gasteiger partial charge in [0.1, 0.15) is 0 Å². The first-order chi connectivity index (χ1) is 9.31. The molecule has 0 unspecified atom stereocenters. The summed E-state index contributed by atoms with van der Waals surface area (Å²) < 4.78 is 0. The van der Waals surface area contributed by atoms with Crippen LogP contribution < -0.4 is 10.8 Å². The fourth-order valence-electron chi connectivity index (χ4n) is 2.42. The van der Waals surface area contributed by atoms with E-state index in [1.54, 1.807) is 0 Å². The van der Waals surface area contributed by atoms with Gasteiger partial charge in [0.15, 0.2) is 0 Å². The van der Waals surface area contributed by atoms with Crippen LogP contribution in [0, 0.1) is 0 Å². The third kappa shape index (κ3) is 4.04. The number of benzene rings is 1. The third-order valence-corrected chi connectivity index (χ3v) is 3.53. The van der Waals surface area contributed by atoms with E-state index in [0.717, 1.165) is 31.4 Å². The molecule has 0 spiro atoms. The number of rotatable bonds is 6. The highest BCUT2D eigenvalue weighted by Crippen LogP contribution is 2.20. The van der Waals surface area contributed by atoms with Gasteiger partial charge < -0.3 is 5.32 Å². The van der Waals surface area contributed by atoms with Crippen LogP contribution in [0.2, 0.25) is 0 Å². The average molecular weight is 262 g/mol. The summed E-state index contributed by atoms with van der Waals surface area (Å²) in [4.78, 5) is 17.6. The number of hydrogen-bond donors (Lipinski definition) is 2. The maximum Gasteiger partial charge on any atom is 0.275 e. The van der Waals surface area contributed by atoms with Gasteiger partial charge in [0.2, 0.25) is 0 Å². The van der Waals surface area contributed by atoms with Crippen molar-refractivity contribution in [1.82, 2.24) is 10.8 Å². The van der Waals surface area contributed by atoms with E-state index in [1.165, 1.54) is 12.8 Å². The summed E-state index contributed by atoms with van der Waals surface area (Å²) >= 11 is 0. The van der Waals surface area contributed by atoms with Gasteiger partial charge in [0, 0.05) is 5.56 Å². The maximum absolute atomic E-state index is 12.1. The van der Waals surface area contributed by atoms with E-state index in [-0.39, 0.29) is 12.0 Å². The highest BCUT2D eigenvalue weighted by atomic mass is 16.7. The Morgan fingerprint density at radius 2 is 2.05 bits per heavy atom. The first kappa shape index (κ1) is 14.0. The van der Waals surface area contributed by atoms with Crippen molar-refractivity contribution < 1.29 is 9.63 Å². The highest BCUT2D eigenvalue weighted by molar-refractivity contribution is 5.94. The monoisotopic (exact) mass is 262 g/mol. The number of nitrogens with one attached hydrogen (secondary N) is 2. The molecule has 104 valence electrons. The molecule has 0 aromatic heterocycles. The van der Waals surface area contributed by atoms with Crippen molar-refractivity contribution in [3.05, 3.63) is 35.4 Å². The van der Waals surface area contributed by atoms with Crippen LogP contribution in [0.3, 0.4) is 0 Å². The topological polar surface area (TPSA) is 50.4 Å². The number of hydroxylamine groups is 1. The van der Waals surface area contributed by atoms with Crippen molar-refractivity contribution in [2.75, 3.05) is 13.6 Å². The Kier molecular flexibility index (Phi) is 5.36. The van der Waals surface area contributed by atoms with Gasteiger partial charge in [-0.3, -0.25) is 9.63 Å². The summed E-state index contributed by atoms with van der Waals surface area (Å²) in [7, 11) is 1.91. The van der Waals surface area contributed by atoms with Crippen molar-refractivity contribution in [2.24, 2.45) is 0 Å². The summed E-state index contributed by atoms with van der Waals surface area (Å²) in [5.74, 6) is -0.140. The quantitative estimate of drug-likeness (QED) is 0.771. The standard InChI is InChI=1S/C15H22N2O2/c1-16-11-10-12-6-2-5-9-14(12)15(18)17-19-13-7-3-4-8-13/h2,5-6,9,13,16H,3-4,7-8,10-11H2,1H3,(H,17,18). The molecule has 1 aromatic carbocycles. The minimum atomic E-state index is -0.140. The van der Waals surface area contributed by atoms with Crippen LogP contribution in [-0.4, -0.2) is 25.6 Å². The smallest absolute Gasteiger partial charge is 0.275 e. The van der Waals surface area contributed by atoms with Gasteiger partial charge in [-0.15, -0.1) is 0 Å². The Labute approximate surface area is 114 Å². The molecule has 1 aliphatic rings. The van der Waals surface area contributed by atoms with E-state index < -0.39 is 0 Å². The highest BCUT2D eigenvalue weighted by Gasteiger charge is 2.18. The fourth-order valence-corrected chi connectivity index (χ4v) is 2.42. The molecule has 1 aromatic rings. The summed E-state index contributed by atoms with van der Waals surface area (Å²) in [6, 6.07) is 7.67. The first-order valence-corrected chi connectivity index (χ1v) is 6.99.